The van der Waals surface area contributed by atoms with E-state index in [1.54, 1.807) is 19.2 Å². The van der Waals surface area contributed by atoms with Crippen molar-refractivity contribution in [1.82, 2.24) is 0 Å². The van der Waals surface area contributed by atoms with E-state index in [9.17, 15) is 4.79 Å². The van der Waals surface area contributed by atoms with Crippen LogP contribution >= 0.6 is 0 Å². The van der Waals surface area contributed by atoms with Crippen molar-refractivity contribution in [2.75, 3.05) is 13.7 Å². The van der Waals surface area contributed by atoms with Crippen LogP contribution in [0.25, 0.3) is 0 Å². The molecule has 0 bridgehead atoms. The van der Waals surface area contributed by atoms with Gasteiger partial charge in [0.2, 0.25) is 0 Å². The van der Waals surface area contributed by atoms with Gasteiger partial charge < -0.3 is 14.6 Å². The first-order valence-corrected chi connectivity index (χ1v) is 5.52. The molecule has 0 aromatic heterocycles. The zero-order valence-electron chi connectivity index (χ0n) is 10.4. The number of rotatable bonds is 6. The molecule has 0 aliphatic heterocycles. The number of carbonyl (C=O) groups is 1. The van der Waals surface area contributed by atoms with Crippen molar-refractivity contribution in [3.63, 3.8) is 0 Å². The Hall–Kier alpha value is -1.55. The van der Waals surface area contributed by atoms with Gasteiger partial charge in [0.05, 0.1) is 19.3 Å². The van der Waals surface area contributed by atoms with Crippen LogP contribution in [0.3, 0.4) is 0 Å². The first kappa shape index (κ1) is 13.5. The fraction of sp³-hybridized carbons (Fsp3) is 0.462. The number of carboxylic acids is 1. The van der Waals surface area contributed by atoms with Gasteiger partial charge in [0, 0.05) is 12.2 Å². The standard InChI is InChI=1S/C13H18O4/c1-9(2)7-17-8-11-6-10(13(14)15)4-5-12(11)16-3/h4-6,9H,7-8H2,1-3H3,(H,14,15). The molecule has 0 unspecified atom stereocenters. The van der Waals surface area contributed by atoms with Gasteiger partial charge in [-0.3, -0.25) is 0 Å². The summed E-state index contributed by atoms with van der Waals surface area (Å²) < 4.78 is 10.7. The van der Waals surface area contributed by atoms with E-state index in [-0.39, 0.29) is 5.56 Å². The molecular weight excluding hydrogens is 220 g/mol. The minimum Gasteiger partial charge on any atom is -0.496 e. The van der Waals surface area contributed by atoms with E-state index in [0.717, 1.165) is 5.56 Å². The second kappa shape index (κ2) is 6.25. The maximum absolute atomic E-state index is 10.9. The Balaban J connectivity index is 2.79. The van der Waals surface area contributed by atoms with Crippen LogP contribution in [0.2, 0.25) is 0 Å². The molecule has 0 atom stereocenters. The maximum atomic E-state index is 10.9. The Labute approximate surface area is 101 Å². The van der Waals surface area contributed by atoms with E-state index in [1.807, 2.05) is 0 Å². The van der Waals surface area contributed by atoms with Crippen molar-refractivity contribution in [3.05, 3.63) is 29.3 Å². The predicted octanol–water partition coefficient (Wildman–Crippen LogP) is 2.57. The molecule has 1 rings (SSSR count). The van der Waals surface area contributed by atoms with Crippen molar-refractivity contribution < 1.29 is 19.4 Å². The normalized spacial score (nSPS) is 10.6. The van der Waals surface area contributed by atoms with E-state index < -0.39 is 5.97 Å². The van der Waals surface area contributed by atoms with E-state index in [2.05, 4.69) is 13.8 Å². The van der Waals surface area contributed by atoms with Gasteiger partial charge in [0.15, 0.2) is 0 Å². The van der Waals surface area contributed by atoms with Gasteiger partial charge in [-0.1, -0.05) is 13.8 Å². The third-order valence-electron chi connectivity index (χ3n) is 2.24. The van der Waals surface area contributed by atoms with E-state index in [1.165, 1.54) is 6.07 Å². The molecule has 4 nitrogen and oxygen atoms in total. The summed E-state index contributed by atoms with van der Waals surface area (Å²) in [6.07, 6.45) is 0. The highest BCUT2D eigenvalue weighted by molar-refractivity contribution is 5.88. The Bertz CT molecular complexity index is 385. The van der Waals surface area contributed by atoms with Crippen LogP contribution in [0.1, 0.15) is 29.8 Å². The second-order valence-corrected chi connectivity index (χ2v) is 4.24. The molecule has 1 aromatic rings. The average Bonchev–Trinajstić information content (AvgIpc) is 2.28. The summed E-state index contributed by atoms with van der Waals surface area (Å²) in [5, 5.41) is 8.90. The van der Waals surface area contributed by atoms with Crippen molar-refractivity contribution in [2.45, 2.75) is 20.5 Å². The Kier molecular flexibility index (Phi) is 4.97. The topological polar surface area (TPSA) is 55.8 Å². The Morgan fingerprint density at radius 2 is 2.12 bits per heavy atom. The summed E-state index contributed by atoms with van der Waals surface area (Å²) >= 11 is 0. The van der Waals surface area contributed by atoms with Gasteiger partial charge in [-0.05, 0) is 24.1 Å². The summed E-state index contributed by atoms with van der Waals surface area (Å²) in [6.45, 7) is 5.12. The zero-order valence-corrected chi connectivity index (χ0v) is 10.4. The van der Waals surface area contributed by atoms with Gasteiger partial charge >= 0.3 is 5.97 Å². The molecule has 0 heterocycles. The number of aromatic carboxylic acids is 1. The van der Waals surface area contributed by atoms with Gasteiger partial charge in [0.1, 0.15) is 5.75 Å². The Morgan fingerprint density at radius 1 is 1.41 bits per heavy atom. The number of carboxylic acid groups (broad SMARTS) is 1. The van der Waals surface area contributed by atoms with Crippen LogP contribution < -0.4 is 4.74 Å². The molecule has 0 saturated heterocycles. The molecule has 0 fully saturated rings. The molecule has 0 aliphatic rings. The van der Waals surface area contributed by atoms with Crippen LogP contribution in [0.4, 0.5) is 0 Å². The summed E-state index contributed by atoms with van der Waals surface area (Å²) in [5.74, 6) is 0.153. The average molecular weight is 238 g/mol. The lowest BCUT2D eigenvalue weighted by atomic mass is 10.1. The predicted molar refractivity (Wildman–Crippen MR) is 64.4 cm³/mol. The van der Waals surface area contributed by atoms with Crippen LogP contribution in [0.15, 0.2) is 18.2 Å². The van der Waals surface area contributed by atoms with Gasteiger partial charge in [-0.25, -0.2) is 4.79 Å². The molecule has 1 aromatic carbocycles. The highest BCUT2D eigenvalue weighted by Gasteiger charge is 2.09. The smallest absolute Gasteiger partial charge is 0.335 e. The molecular formula is C13H18O4. The highest BCUT2D eigenvalue weighted by atomic mass is 16.5. The fourth-order valence-electron chi connectivity index (χ4n) is 1.43. The van der Waals surface area contributed by atoms with Crippen LogP contribution in [0, 0.1) is 5.92 Å². The summed E-state index contributed by atoms with van der Waals surface area (Å²) in [7, 11) is 1.56. The van der Waals surface area contributed by atoms with Crippen molar-refractivity contribution in [2.24, 2.45) is 5.92 Å². The molecule has 0 spiro atoms. The van der Waals surface area contributed by atoms with E-state index >= 15 is 0 Å². The summed E-state index contributed by atoms with van der Waals surface area (Å²) in [5.41, 5.74) is 1.00. The maximum Gasteiger partial charge on any atom is 0.335 e. The molecule has 4 heteroatoms. The number of benzene rings is 1. The van der Waals surface area contributed by atoms with Crippen LogP contribution in [0.5, 0.6) is 5.75 Å². The highest BCUT2D eigenvalue weighted by Crippen LogP contribution is 2.21. The van der Waals surface area contributed by atoms with Gasteiger partial charge in [0.25, 0.3) is 0 Å². The van der Waals surface area contributed by atoms with Crippen molar-refractivity contribution in [1.29, 1.82) is 0 Å². The summed E-state index contributed by atoms with van der Waals surface area (Å²) in [4.78, 5) is 10.9. The van der Waals surface area contributed by atoms with Crippen LogP contribution in [-0.4, -0.2) is 24.8 Å². The molecule has 0 radical (unpaired) electrons. The molecule has 94 valence electrons. The number of hydrogen-bond donors (Lipinski definition) is 1. The Morgan fingerprint density at radius 3 is 2.65 bits per heavy atom. The third-order valence-corrected chi connectivity index (χ3v) is 2.24. The van der Waals surface area contributed by atoms with Crippen LogP contribution in [-0.2, 0) is 11.3 Å². The van der Waals surface area contributed by atoms with E-state index in [0.29, 0.717) is 24.9 Å². The molecule has 0 amide bonds. The van der Waals surface area contributed by atoms with Crippen molar-refractivity contribution in [3.8, 4) is 5.75 Å². The monoisotopic (exact) mass is 238 g/mol. The van der Waals surface area contributed by atoms with Crippen molar-refractivity contribution >= 4 is 5.97 Å². The quantitative estimate of drug-likeness (QED) is 0.827. The number of ether oxygens (including phenoxy) is 2. The minimum absolute atomic E-state index is 0.244. The number of methoxy groups -OCH3 is 1. The second-order valence-electron chi connectivity index (χ2n) is 4.24. The lowest BCUT2D eigenvalue weighted by Gasteiger charge is -2.11. The lowest BCUT2D eigenvalue weighted by Crippen LogP contribution is -2.05. The van der Waals surface area contributed by atoms with Gasteiger partial charge in [-0.2, -0.15) is 0 Å². The molecule has 0 aliphatic carbocycles. The first-order valence-electron chi connectivity index (χ1n) is 5.52. The third kappa shape index (κ3) is 4.07. The fourth-order valence-corrected chi connectivity index (χ4v) is 1.43. The molecule has 17 heavy (non-hydrogen) atoms. The van der Waals surface area contributed by atoms with Gasteiger partial charge in [-0.15, -0.1) is 0 Å². The SMILES string of the molecule is COc1ccc(C(=O)O)cc1COCC(C)C. The number of hydrogen-bond acceptors (Lipinski definition) is 3. The van der Waals surface area contributed by atoms with E-state index in [4.69, 9.17) is 14.6 Å². The lowest BCUT2D eigenvalue weighted by molar-refractivity contribution is 0.0695. The first-order chi connectivity index (χ1) is 8.04. The zero-order chi connectivity index (χ0) is 12.8. The molecule has 1 N–H and O–H groups in total. The summed E-state index contributed by atoms with van der Waals surface area (Å²) in [6, 6.07) is 4.76. The minimum atomic E-state index is -0.947. The largest absolute Gasteiger partial charge is 0.496 e. The molecule has 0 saturated carbocycles.